The molecule has 35 heavy (non-hydrogen) atoms. The first-order valence-corrected chi connectivity index (χ1v) is 14.9. The number of aliphatic hydroxyl groups excluding tert-OH is 2. The smallest absolute Gasteiger partial charge is 0.168 e. The van der Waals surface area contributed by atoms with Gasteiger partial charge in [0.05, 0.1) is 58.5 Å². The Bertz CT molecular complexity index is 881. The van der Waals surface area contributed by atoms with Gasteiger partial charge in [0, 0.05) is 22.6 Å². The molecular formula is C27H38O6S2. The minimum Gasteiger partial charge on any atom is -0.392 e. The Balaban J connectivity index is 1.38. The predicted octanol–water partition coefficient (Wildman–Crippen LogP) is 4.02. The lowest BCUT2D eigenvalue weighted by Crippen LogP contribution is -2.31. The van der Waals surface area contributed by atoms with Gasteiger partial charge in [-0.25, -0.2) is 0 Å². The number of rotatable bonds is 14. The molecule has 1 fully saturated rings. The van der Waals surface area contributed by atoms with Crippen molar-refractivity contribution in [3.05, 3.63) is 59.7 Å². The molecule has 0 bridgehead atoms. The average molecular weight is 523 g/mol. The molecule has 2 aromatic rings. The molecule has 0 unspecified atom stereocenters. The molecule has 1 aliphatic rings. The van der Waals surface area contributed by atoms with Gasteiger partial charge in [-0.15, -0.1) is 0 Å². The maximum Gasteiger partial charge on any atom is 0.168 e. The van der Waals surface area contributed by atoms with E-state index in [4.69, 9.17) is 9.47 Å². The Kier molecular flexibility index (Phi) is 11.1. The number of benzene rings is 2. The number of hydrogen-bond acceptors (Lipinski definition) is 6. The van der Waals surface area contributed by atoms with Crippen LogP contribution in [-0.4, -0.2) is 61.3 Å². The molecule has 0 spiro atoms. The zero-order chi connectivity index (χ0) is 25.3. The van der Waals surface area contributed by atoms with Crippen molar-refractivity contribution in [3.8, 4) is 0 Å². The van der Waals surface area contributed by atoms with Crippen LogP contribution in [0.1, 0.15) is 49.7 Å². The topological polar surface area (TPSA) is 93.1 Å². The quantitative estimate of drug-likeness (QED) is 0.389. The molecule has 4 atom stereocenters. The highest BCUT2D eigenvalue weighted by atomic mass is 32.2. The van der Waals surface area contributed by atoms with E-state index < -0.39 is 39.6 Å². The molecule has 194 valence electrons. The summed E-state index contributed by atoms with van der Waals surface area (Å²) < 4.78 is 36.8. The van der Waals surface area contributed by atoms with Gasteiger partial charge >= 0.3 is 0 Å². The van der Waals surface area contributed by atoms with Crippen LogP contribution in [-0.2, 0) is 31.1 Å². The maximum atomic E-state index is 12.5. The fourth-order valence-corrected chi connectivity index (χ4v) is 6.51. The molecule has 8 heteroatoms. The van der Waals surface area contributed by atoms with Gasteiger partial charge in [0.15, 0.2) is 5.79 Å². The summed E-state index contributed by atoms with van der Waals surface area (Å²) in [6, 6.07) is 15.1. The second-order valence-corrected chi connectivity index (χ2v) is 12.3. The van der Waals surface area contributed by atoms with Crippen LogP contribution in [0, 0.1) is 13.8 Å². The Morgan fingerprint density at radius 3 is 1.49 bits per heavy atom. The first kappa shape index (κ1) is 28.2. The monoisotopic (exact) mass is 522 g/mol. The second kappa shape index (κ2) is 13.8. The molecule has 0 aliphatic carbocycles. The molecule has 2 aromatic carbocycles. The first-order chi connectivity index (χ1) is 16.8. The van der Waals surface area contributed by atoms with Crippen molar-refractivity contribution in [1.29, 1.82) is 0 Å². The van der Waals surface area contributed by atoms with E-state index >= 15 is 0 Å². The van der Waals surface area contributed by atoms with E-state index in [1.807, 2.05) is 62.4 Å². The van der Waals surface area contributed by atoms with E-state index in [-0.39, 0.29) is 11.5 Å². The molecule has 2 N–H and O–H groups in total. The lowest BCUT2D eigenvalue weighted by atomic mass is 10.00. The van der Waals surface area contributed by atoms with Crippen molar-refractivity contribution in [2.75, 3.05) is 24.7 Å². The highest BCUT2D eigenvalue weighted by Gasteiger charge is 2.35. The van der Waals surface area contributed by atoms with Gasteiger partial charge in [0.25, 0.3) is 0 Å². The molecular weight excluding hydrogens is 484 g/mol. The number of ether oxygens (including phenoxy) is 2. The molecule has 1 saturated heterocycles. The average Bonchev–Trinajstić information content (AvgIpc) is 3.28. The molecule has 0 amide bonds. The molecule has 6 nitrogen and oxygen atoms in total. The third-order valence-corrected chi connectivity index (χ3v) is 9.23. The zero-order valence-electron chi connectivity index (χ0n) is 20.7. The lowest BCUT2D eigenvalue weighted by molar-refractivity contribution is -0.169. The molecule has 1 heterocycles. The minimum atomic E-state index is -1.23. The number of aliphatic hydroxyl groups is 2. The van der Waals surface area contributed by atoms with E-state index in [0.29, 0.717) is 51.7 Å². The van der Waals surface area contributed by atoms with Crippen LogP contribution in [0.5, 0.6) is 0 Å². The van der Waals surface area contributed by atoms with E-state index in [1.54, 1.807) is 0 Å². The minimum absolute atomic E-state index is 0.210. The summed E-state index contributed by atoms with van der Waals surface area (Å²) >= 11 is 0. The van der Waals surface area contributed by atoms with Crippen LogP contribution in [0.15, 0.2) is 58.3 Å². The van der Waals surface area contributed by atoms with Gasteiger partial charge in [-0.2, -0.15) is 0 Å². The standard InChI is InChI=1S/C27H38O6S2/c1-21-7-11-25(12-8-21)34(30)19-23(28)5-3-15-27(32-17-18-33-27)16-4-6-24(29)20-35(31)26-13-9-22(2)10-14-26/h7-14,23-24,28-29H,3-6,15-20H2,1-2H3/t23-,24-,34-,35-/m1/s1. The van der Waals surface area contributed by atoms with Crippen LogP contribution in [0.2, 0.25) is 0 Å². The lowest BCUT2D eigenvalue weighted by Gasteiger charge is -2.28. The predicted molar refractivity (Wildman–Crippen MR) is 139 cm³/mol. The first-order valence-electron chi connectivity index (χ1n) is 12.3. The Hall–Kier alpha value is -1.42. The summed E-state index contributed by atoms with van der Waals surface area (Å²) in [5, 5.41) is 20.8. The van der Waals surface area contributed by atoms with Crippen LogP contribution in [0.25, 0.3) is 0 Å². The summed E-state index contributed by atoms with van der Waals surface area (Å²) in [6.07, 6.45) is 2.36. The Morgan fingerprint density at radius 1 is 0.743 bits per heavy atom. The summed E-state index contributed by atoms with van der Waals surface area (Å²) in [6.45, 7) is 5.02. The van der Waals surface area contributed by atoms with Gasteiger partial charge in [0.1, 0.15) is 0 Å². The Labute approximate surface area is 214 Å². The van der Waals surface area contributed by atoms with E-state index in [2.05, 4.69) is 0 Å². The molecule has 0 radical (unpaired) electrons. The SMILES string of the molecule is Cc1ccc([S@](=O)C[C@H](O)CCCC2(CCC[C@@H](O)C[S@@](=O)c3ccc(C)cc3)OCCO2)cc1. The second-order valence-electron chi connectivity index (χ2n) is 9.35. The van der Waals surface area contributed by atoms with E-state index in [0.717, 1.165) is 20.9 Å². The fraction of sp³-hybridized carbons (Fsp3) is 0.556. The maximum absolute atomic E-state index is 12.5. The van der Waals surface area contributed by atoms with Crippen LogP contribution >= 0.6 is 0 Å². The summed E-state index contributed by atoms with van der Waals surface area (Å²) in [5.74, 6) is -0.282. The van der Waals surface area contributed by atoms with Gasteiger partial charge in [0.2, 0.25) is 0 Å². The summed E-state index contributed by atoms with van der Waals surface area (Å²) in [5.41, 5.74) is 2.22. The zero-order valence-corrected chi connectivity index (χ0v) is 22.3. The molecule has 0 aromatic heterocycles. The number of hydrogen-bond donors (Lipinski definition) is 2. The summed E-state index contributed by atoms with van der Waals surface area (Å²) in [4.78, 5) is 1.46. The fourth-order valence-electron chi connectivity index (χ4n) is 4.21. The molecule has 3 rings (SSSR count). The highest BCUT2D eigenvalue weighted by Crippen LogP contribution is 2.32. The van der Waals surface area contributed by atoms with Crippen molar-refractivity contribution < 1.29 is 28.1 Å². The van der Waals surface area contributed by atoms with Gasteiger partial charge in [-0.1, -0.05) is 35.4 Å². The van der Waals surface area contributed by atoms with Gasteiger partial charge in [-0.3, -0.25) is 8.42 Å². The van der Waals surface area contributed by atoms with E-state index in [9.17, 15) is 18.6 Å². The van der Waals surface area contributed by atoms with Crippen LogP contribution < -0.4 is 0 Å². The highest BCUT2D eigenvalue weighted by molar-refractivity contribution is 7.85. The molecule has 0 saturated carbocycles. The molecule has 1 aliphatic heterocycles. The normalized spacial score (nSPS) is 18.7. The van der Waals surface area contributed by atoms with Crippen LogP contribution in [0.4, 0.5) is 0 Å². The van der Waals surface area contributed by atoms with Crippen LogP contribution in [0.3, 0.4) is 0 Å². The van der Waals surface area contributed by atoms with Crippen molar-refractivity contribution in [2.45, 2.75) is 80.2 Å². The van der Waals surface area contributed by atoms with Gasteiger partial charge in [-0.05, 0) is 63.8 Å². The Morgan fingerprint density at radius 2 is 1.11 bits per heavy atom. The number of aryl methyl sites for hydroxylation is 2. The van der Waals surface area contributed by atoms with Crippen molar-refractivity contribution >= 4 is 21.6 Å². The third-order valence-electron chi connectivity index (χ3n) is 6.26. The van der Waals surface area contributed by atoms with Crippen molar-refractivity contribution in [3.63, 3.8) is 0 Å². The summed E-state index contributed by atoms with van der Waals surface area (Å²) in [7, 11) is -2.47. The van der Waals surface area contributed by atoms with Gasteiger partial charge < -0.3 is 19.7 Å². The largest absolute Gasteiger partial charge is 0.392 e. The van der Waals surface area contributed by atoms with E-state index in [1.165, 1.54) is 0 Å². The van der Waals surface area contributed by atoms with Crippen molar-refractivity contribution in [2.24, 2.45) is 0 Å². The van der Waals surface area contributed by atoms with Crippen molar-refractivity contribution in [1.82, 2.24) is 0 Å². The third kappa shape index (κ3) is 9.19.